The Morgan fingerprint density at radius 3 is 2.66 bits per heavy atom. The fourth-order valence-electron chi connectivity index (χ4n) is 4.50. The van der Waals surface area contributed by atoms with E-state index in [1.165, 1.54) is 32.1 Å². The third kappa shape index (κ3) is 4.03. The van der Waals surface area contributed by atoms with Gasteiger partial charge in [-0.3, -0.25) is 9.88 Å². The Bertz CT molecular complexity index is 937. The number of ether oxygens (including phenoxy) is 1. The molecule has 0 bridgehead atoms. The van der Waals surface area contributed by atoms with Gasteiger partial charge >= 0.3 is 0 Å². The van der Waals surface area contributed by atoms with E-state index in [-0.39, 0.29) is 6.10 Å². The molecule has 1 aliphatic carbocycles. The number of benzene rings is 1. The number of hydrogen-bond acceptors (Lipinski definition) is 6. The Kier molecular flexibility index (Phi) is 5.26. The van der Waals surface area contributed by atoms with Crippen LogP contribution in [0, 0.1) is 0 Å². The largest absolute Gasteiger partial charge is 0.488 e. The molecule has 2 fully saturated rings. The maximum atomic E-state index is 6.42. The first kappa shape index (κ1) is 18.3. The second-order valence-corrected chi connectivity index (χ2v) is 7.97. The highest BCUT2D eigenvalue weighted by Gasteiger charge is 2.30. The van der Waals surface area contributed by atoms with E-state index in [9.17, 15) is 0 Å². The molecule has 2 aromatic heterocycles. The van der Waals surface area contributed by atoms with E-state index in [0.29, 0.717) is 11.7 Å². The van der Waals surface area contributed by atoms with Crippen molar-refractivity contribution >= 4 is 0 Å². The second kappa shape index (κ2) is 8.33. The monoisotopic (exact) mass is 390 g/mol. The normalized spacial score (nSPS) is 20.8. The van der Waals surface area contributed by atoms with Crippen molar-refractivity contribution < 1.29 is 9.26 Å². The van der Waals surface area contributed by atoms with Crippen molar-refractivity contribution in [2.75, 3.05) is 13.1 Å². The number of rotatable bonds is 5. The molecule has 1 saturated carbocycles. The van der Waals surface area contributed by atoms with Crippen molar-refractivity contribution in [3.05, 3.63) is 48.8 Å². The van der Waals surface area contributed by atoms with Crippen LogP contribution in [0.5, 0.6) is 5.75 Å². The van der Waals surface area contributed by atoms with Crippen molar-refractivity contribution in [3.8, 4) is 28.6 Å². The standard InChI is InChI=1S/C23H26N4O2/c1-2-6-18(7-3-1)27-15-12-19(16-27)28-21-9-5-4-8-20(21)23-25-22(26-29-23)17-10-13-24-14-11-17/h4-5,8-11,13-14,18-19H,1-3,6-7,12,15-16H2. The van der Waals surface area contributed by atoms with E-state index in [1.54, 1.807) is 12.4 Å². The summed E-state index contributed by atoms with van der Waals surface area (Å²) in [5.41, 5.74) is 1.73. The Labute approximate surface area is 170 Å². The van der Waals surface area contributed by atoms with E-state index in [1.807, 2.05) is 36.4 Å². The third-order valence-corrected chi connectivity index (χ3v) is 6.04. The van der Waals surface area contributed by atoms with Crippen molar-refractivity contribution in [1.29, 1.82) is 0 Å². The highest BCUT2D eigenvalue weighted by atomic mass is 16.5. The van der Waals surface area contributed by atoms with Gasteiger partial charge in [0.2, 0.25) is 5.82 Å². The van der Waals surface area contributed by atoms with Crippen LogP contribution in [0.2, 0.25) is 0 Å². The minimum absolute atomic E-state index is 0.209. The lowest BCUT2D eigenvalue weighted by atomic mass is 9.94. The molecule has 1 aliphatic heterocycles. The van der Waals surface area contributed by atoms with Crippen LogP contribution in [0.3, 0.4) is 0 Å². The summed E-state index contributed by atoms with van der Waals surface area (Å²) in [5, 5.41) is 4.13. The minimum Gasteiger partial charge on any atom is -0.488 e. The molecule has 6 nitrogen and oxygen atoms in total. The van der Waals surface area contributed by atoms with Gasteiger partial charge in [0.05, 0.1) is 5.56 Å². The fourth-order valence-corrected chi connectivity index (χ4v) is 4.50. The molecule has 0 amide bonds. The summed E-state index contributed by atoms with van der Waals surface area (Å²) in [4.78, 5) is 11.2. The highest BCUT2D eigenvalue weighted by Crippen LogP contribution is 2.33. The zero-order valence-corrected chi connectivity index (χ0v) is 16.5. The number of nitrogens with zero attached hydrogens (tertiary/aromatic N) is 4. The van der Waals surface area contributed by atoms with Crippen molar-refractivity contribution in [2.24, 2.45) is 0 Å². The molecule has 0 radical (unpaired) electrons. The molecule has 1 unspecified atom stereocenters. The van der Waals surface area contributed by atoms with Gasteiger partial charge < -0.3 is 9.26 Å². The van der Waals surface area contributed by atoms with Crippen LogP contribution in [0.1, 0.15) is 38.5 Å². The quantitative estimate of drug-likeness (QED) is 0.635. The van der Waals surface area contributed by atoms with E-state index < -0.39 is 0 Å². The molecule has 3 aromatic rings. The summed E-state index contributed by atoms with van der Waals surface area (Å²) in [6.07, 6.45) is 11.5. The smallest absolute Gasteiger partial charge is 0.262 e. The molecule has 0 spiro atoms. The number of hydrogen-bond donors (Lipinski definition) is 0. The number of likely N-dealkylation sites (tertiary alicyclic amines) is 1. The Morgan fingerprint density at radius 1 is 0.966 bits per heavy atom. The maximum absolute atomic E-state index is 6.42. The third-order valence-electron chi connectivity index (χ3n) is 6.04. The lowest BCUT2D eigenvalue weighted by Gasteiger charge is -2.30. The first-order valence-electron chi connectivity index (χ1n) is 10.6. The molecule has 1 atom stereocenters. The van der Waals surface area contributed by atoms with Gasteiger partial charge in [-0.05, 0) is 43.5 Å². The van der Waals surface area contributed by atoms with Crippen LogP contribution in [0.15, 0.2) is 53.3 Å². The molecule has 29 heavy (non-hydrogen) atoms. The van der Waals surface area contributed by atoms with Crippen LogP contribution in [0.25, 0.3) is 22.8 Å². The van der Waals surface area contributed by atoms with Gasteiger partial charge in [-0.15, -0.1) is 0 Å². The molecule has 0 N–H and O–H groups in total. The Hall–Kier alpha value is -2.73. The van der Waals surface area contributed by atoms with Gasteiger partial charge in [-0.25, -0.2) is 0 Å². The molecule has 1 saturated heterocycles. The molecule has 150 valence electrons. The summed E-state index contributed by atoms with van der Waals surface area (Å²) >= 11 is 0. The first-order valence-corrected chi connectivity index (χ1v) is 10.6. The van der Waals surface area contributed by atoms with Crippen LogP contribution < -0.4 is 4.74 Å². The molecule has 3 heterocycles. The SMILES string of the molecule is c1ccc(-c2nc(-c3ccncc3)no2)c(OC2CCN(C3CCCCC3)C2)c1. The summed E-state index contributed by atoms with van der Waals surface area (Å²) in [7, 11) is 0. The Balaban J connectivity index is 1.31. The van der Waals surface area contributed by atoms with E-state index in [4.69, 9.17) is 9.26 Å². The topological polar surface area (TPSA) is 64.3 Å². The Morgan fingerprint density at radius 2 is 1.79 bits per heavy atom. The molecular weight excluding hydrogens is 364 g/mol. The minimum atomic E-state index is 0.209. The number of pyridine rings is 1. The zero-order chi connectivity index (χ0) is 19.5. The van der Waals surface area contributed by atoms with Crippen LogP contribution >= 0.6 is 0 Å². The average Bonchev–Trinajstić information content (AvgIpc) is 3.46. The van der Waals surface area contributed by atoms with E-state index in [0.717, 1.165) is 42.4 Å². The predicted octanol–water partition coefficient (Wildman–Crippen LogP) is 4.58. The average molecular weight is 390 g/mol. The molecule has 2 aliphatic rings. The first-order chi connectivity index (χ1) is 14.4. The van der Waals surface area contributed by atoms with Crippen LogP contribution in [-0.2, 0) is 0 Å². The van der Waals surface area contributed by atoms with Crippen LogP contribution in [0.4, 0.5) is 0 Å². The summed E-state index contributed by atoms with van der Waals surface area (Å²) in [6.45, 7) is 2.13. The van der Waals surface area contributed by atoms with Crippen molar-refractivity contribution in [3.63, 3.8) is 0 Å². The molecule has 5 rings (SSSR count). The van der Waals surface area contributed by atoms with Gasteiger partial charge in [0.1, 0.15) is 11.9 Å². The summed E-state index contributed by atoms with van der Waals surface area (Å²) in [5.74, 6) is 1.85. The van der Waals surface area contributed by atoms with Crippen molar-refractivity contribution in [1.82, 2.24) is 20.0 Å². The lowest BCUT2D eigenvalue weighted by Crippen LogP contribution is -2.36. The van der Waals surface area contributed by atoms with Gasteiger partial charge in [0, 0.05) is 37.1 Å². The molecular formula is C23H26N4O2. The highest BCUT2D eigenvalue weighted by molar-refractivity contribution is 5.65. The second-order valence-electron chi connectivity index (χ2n) is 7.97. The van der Waals surface area contributed by atoms with E-state index in [2.05, 4.69) is 20.0 Å². The van der Waals surface area contributed by atoms with Gasteiger partial charge in [0.15, 0.2) is 0 Å². The van der Waals surface area contributed by atoms with E-state index >= 15 is 0 Å². The fraction of sp³-hybridized carbons (Fsp3) is 0.435. The van der Waals surface area contributed by atoms with Gasteiger partial charge in [-0.1, -0.05) is 36.6 Å². The predicted molar refractivity (Wildman–Crippen MR) is 110 cm³/mol. The summed E-state index contributed by atoms with van der Waals surface area (Å²) in [6, 6.07) is 12.4. The van der Waals surface area contributed by atoms with Crippen LogP contribution in [-0.4, -0.2) is 45.3 Å². The maximum Gasteiger partial charge on any atom is 0.262 e. The summed E-state index contributed by atoms with van der Waals surface area (Å²) < 4.78 is 12.0. The number of para-hydroxylation sites is 1. The number of aromatic nitrogens is 3. The van der Waals surface area contributed by atoms with Gasteiger partial charge in [-0.2, -0.15) is 4.98 Å². The molecule has 1 aromatic carbocycles. The molecule has 6 heteroatoms. The zero-order valence-electron chi connectivity index (χ0n) is 16.5. The van der Waals surface area contributed by atoms with Gasteiger partial charge in [0.25, 0.3) is 5.89 Å². The lowest BCUT2D eigenvalue weighted by molar-refractivity contribution is 0.155. The van der Waals surface area contributed by atoms with Crippen molar-refractivity contribution in [2.45, 2.75) is 50.7 Å².